The third-order valence-corrected chi connectivity index (χ3v) is 1.74. The third kappa shape index (κ3) is 3.16. The van der Waals surface area contributed by atoms with E-state index in [9.17, 15) is 0 Å². The molecule has 0 nitrogen and oxygen atoms in total. The van der Waals surface area contributed by atoms with Crippen LogP contribution >= 0.6 is 0 Å². The van der Waals surface area contributed by atoms with Gasteiger partial charge in [-0.15, -0.1) is 0 Å². The second kappa shape index (κ2) is 4.67. The summed E-state index contributed by atoms with van der Waals surface area (Å²) in [6, 6.07) is 8.71. The zero-order chi connectivity index (χ0) is 7.56. The first-order chi connectivity index (χ1) is 4.70. The minimum absolute atomic E-state index is 0. The summed E-state index contributed by atoms with van der Waals surface area (Å²) < 4.78 is 0. The molecule has 63 valence electrons. The molecule has 0 bridgehead atoms. The molecule has 0 heterocycles. The van der Waals surface area contributed by atoms with Crippen LogP contribution < -0.4 is 0 Å². The Morgan fingerprint density at radius 3 is 1.82 bits per heavy atom. The van der Waals surface area contributed by atoms with E-state index in [4.69, 9.17) is 0 Å². The SMILES string of the molecule is Cc1ccc(C(C)C)cc1.[Rh]. The van der Waals surface area contributed by atoms with Crippen molar-refractivity contribution in [3.8, 4) is 0 Å². The zero-order valence-electron chi connectivity index (χ0n) is 7.22. The Kier molecular flexibility index (Phi) is 4.60. The van der Waals surface area contributed by atoms with Crippen molar-refractivity contribution in [2.75, 3.05) is 0 Å². The van der Waals surface area contributed by atoms with Gasteiger partial charge in [0.2, 0.25) is 0 Å². The van der Waals surface area contributed by atoms with Crippen molar-refractivity contribution in [3.63, 3.8) is 0 Å². The van der Waals surface area contributed by atoms with Crippen molar-refractivity contribution in [1.82, 2.24) is 0 Å². The monoisotopic (exact) mass is 237 g/mol. The fraction of sp³-hybridized carbons (Fsp3) is 0.400. The topological polar surface area (TPSA) is 0 Å². The van der Waals surface area contributed by atoms with E-state index in [2.05, 4.69) is 45.0 Å². The van der Waals surface area contributed by atoms with Gasteiger partial charge in [-0.05, 0) is 18.4 Å². The second-order valence-corrected chi connectivity index (χ2v) is 3.07. The number of rotatable bonds is 1. The van der Waals surface area contributed by atoms with Crippen LogP contribution in [0.2, 0.25) is 0 Å². The van der Waals surface area contributed by atoms with Crippen LogP contribution in [0, 0.1) is 6.92 Å². The van der Waals surface area contributed by atoms with Crippen molar-refractivity contribution in [2.45, 2.75) is 26.7 Å². The van der Waals surface area contributed by atoms with Gasteiger partial charge in [-0.1, -0.05) is 43.7 Å². The third-order valence-electron chi connectivity index (χ3n) is 1.74. The first-order valence-corrected chi connectivity index (χ1v) is 3.76. The summed E-state index contributed by atoms with van der Waals surface area (Å²) in [5.41, 5.74) is 2.76. The molecule has 1 radical (unpaired) electrons. The van der Waals surface area contributed by atoms with E-state index in [0.717, 1.165) is 0 Å². The first kappa shape index (κ1) is 10.8. The molecule has 0 aromatic heterocycles. The molecular formula is C10H14Rh. The van der Waals surface area contributed by atoms with Gasteiger partial charge in [-0.3, -0.25) is 0 Å². The summed E-state index contributed by atoms with van der Waals surface area (Å²) in [6.07, 6.45) is 0. The van der Waals surface area contributed by atoms with Crippen molar-refractivity contribution in [1.29, 1.82) is 0 Å². The largest absolute Gasteiger partial charge is 0.0590 e. The average molecular weight is 237 g/mol. The van der Waals surface area contributed by atoms with Crippen LogP contribution in [0.25, 0.3) is 0 Å². The number of hydrogen-bond donors (Lipinski definition) is 0. The first-order valence-electron chi connectivity index (χ1n) is 3.76. The maximum atomic E-state index is 2.21. The summed E-state index contributed by atoms with van der Waals surface area (Å²) >= 11 is 0. The van der Waals surface area contributed by atoms with E-state index in [1.54, 1.807) is 0 Å². The molecule has 1 heteroatoms. The fourth-order valence-electron chi connectivity index (χ4n) is 0.951. The molecule has 11 heavy (non-hydrogen) atoms. The number of hydrogen-bond acceptors (Lipinski definition) is 0. The molecule has 0 aliphatic carbocycles. The molecule has 1 rings (SSSR count). The van der Waals surface area contributed by atoms with Gasteiger partial charge in [0.1, 0.15) is 0 Å². The van der Waals surface area contributed by atoms with Crippen LogP contribution in [0.15, 0.2) is 24.3 Å². The van der Waals surface area contributed by atoms with Crippen LogP contribution in [-0.2, 0) is 19.5 Å². The van der Waals surface area contributed by atoms with Gasteiger partial charge >= 0.3 is 0 Å². The van der Waals surface area contributed by atoms with Crippen LogP contribution in [0.4, 0.5) is 0 Å². The van der Waals surface area contributed by atoms with Crippen LogP contribution in [0.1, 0.15) is 30.9 Å². The molecule has 0 spiro atoms. The molecule has 0 saturated carbocycles. The summed E-state index contributed by atoms with van der Waals surface area (Å²) in [5.74, 6) is 0.653. The molecule has 0 atom stereocenters. The summed E-state index contributed by atoms with van der Waals surface area (Å²) in [4.78, 5) is 0. The molecule has 0 unspecified atom stereocenters. The molecule has 1 aromatic rings. The van der Waals surface area contributed by atoms with Gasteiger partial charge in [0, 0.05) is 19.5 Å². The summed E-state index contributed by atoms with van der Waals surface area (Å²) in [5, 5.41) is 0. The maximum Gasteiger partial charge on any atom is 0 e. The Labute approximate surface area is 81.8 Å². The van der Waals surface area contributed by atoms with E-state index in [1.807, 2.05) is 0 Å². The van der Waals surface area contributed by atoms with Gasteiger partial charge in [-0.2, -0.15) is 0 Å². The zero-order valence-corrected chi connectivity index (χ0v) is 8.86. The molecular weight excluding hydrogens is 223 g/mol. The van der Waals surface area contributed by atoms with Gasteiger partial charge in [0.25, 0.3) is 0 Å². The van der Waals surface area contributed by atoms with Gasteiger partial charge < -0.3 is 0 Å². The van der Waals surface area contributed by atoms with E-state index in [-0.39, 0.29) is 19.5 Å². The molecule has 1 aromatic carbocycles. The van der Waals surface area contributed by atoms with Crippen LogP contribution in [0.5, 0.6) is 0 Å². The van der Waals surface area contributed by atoms with Crippen LogP contribution in [-0.4, -0.2) is 0 Å². The number of aryl methyl sites for hydroxylation is 1. The minimum atomic E-state index is 0. The predicted molar refractivity (Wildman–Crippen MR) is 45.3 cm³/mol. The van der Waals surface area contributed by atoms with Crippen molar-refractivity contribution in [3.05, 3.63) is 35.4 Å². The standard InChI is InChI=1S/C10H14.Rh/c1-8(2)10-6-4-9(3)5-7-10;/h4-8H,1-3H3;. The Morgan fingerprint density at radius 2 is 1.45 bits per heavy atom. The van der Waals surface area contributed by atoms with Crippen LogP contribution in [0.3, 0.4) is 0 Å². The Balaban J connectivity index is 0.000001000. The Hall–Kier alpha value is -0.157. The van der Waals surface area contributed by atoms with Gasteiger partial charge in [0.05, 0.1) is 0 Å². The molecule has 0 amide bonds. The van der Waals surface area contributed by atoms with E-state index >= 15 is 0 Å². The molecule has 0 N–H and O–H groups in total. The Bertz CT molecular complexity index is 199. The normalized spacial score (nSPS) is 9.45. The van der Waals surface area contributed by atoms with Crippen molar-refractivity contribution < 1.29 is 19.5 Å². The molecule has 0 fully saturated rings. The summed E-state index contributed by atoms with van der Waals surface area (Å²) in [7, 11) is 0. The van der Waals surface area contributed by atoms with Crippen molar-refractivity contribution in [2.24, 2.45) is 0 Å². The smallest absolute Gasteiger partial charge is 0 e. The van der Waals surface area contributed by atoms with Gasteiger partial charge in [-0.25, -0.2) is 0 Å². The van der Waals surface area contributed by atoms with Crippen molar-refractivity contribution >= 4 is 0 Å². The minimum Gasteiger partial charge on any atom is -0.0590 e. The quantitative estimate of drug-likeness (QED) is 0.658. The second-order valence-electron chi connectivity index (χ2n) is 3.07. The van der Waals surface area contributed by atoms with E-state index in [0.29, 0.717) is 5.92 Å². The van der Waals surface area contributed by atoms with Gasteiger partial charge in [0.15, 0.2) is 0 Å². The van der Waals surface area contributed by atoms with E-state index < -0.39 is 0 Å². The fourth-order valence-corrected chi connectivity index (χ4v) is 0.951. The maximum absolute atomic E-state index is 2.21. The number of benzene rings is 1. The molecule has 0 aliphatic rings. The average Bonchev–Trinajstić information content (AvgIpc) is 1.88. The predicted octanol–water partition coefficient (Wildman–Crippen LogP) is 3.12. The Morgan fingerprint density at radius 1 is 1.00 bits per heavy atom. The molecule has 0 saturated heterocycles. The summed E-state index contributed by atoms with van der Waals surface area (Å²) in [6.45, 7) is 6.54. The molecule has 0 aliphatic heterocycles. The van der Waals surface area contributed by atoms with E-state index in [1.165, 1.54) is 11.1 Å².